The van der Waals surface area contributed by atoms with Crippen molar-refractivity contribution in [1.29, 1.82) is 5.26 Å². The van der Waals surface area contributed by atoms with E-state index in [0.29, 0.717) is 27.9 Å². The number of esters is 1. The number of thiazole rings is 1. The second-order valence-corrected chi connectivity index (χ2v) is 8.86. The number of hydrogen-bond acceptors (Lipinski definition) is 7. The Labute approximate surface area is 207 Å². The number of nitrogens with zero attached hydrogens (tertiary/aromatic N) is 3. The minimum atomic E-state index is -0.628. The molecule has 0 aliphatic rings. The lowest BCUT2D eigenvalue weighted by molar-refractivity contribution is -0.115. The fourth-order valence-electron chi connectivity index (χ4n) is 3.69. The van der Waals surface area contributed by atoms with Crippen molar-refractivity contribution < 1.29 is 19.1 Å². The first-order valence-electron chi connectivity index (χ1n) is 10.9. The molecule has 0 saturated carbocycles. The third-order valence-electron chi connectivity index (χ3n) is 5.50. The van der Waals surface area contributed by atoms with Crippen molar-refractivity contribution in [3.63, 3.8) is 0 Å². The van der Waals surface area contributed by atoms with Crippen LogP contribution in [0.5, 0.6) is 0 Å². The largest absolute Gasteiger partial charge is 0.462 e. The zero-order chi connectivity index (χ0) is 25.9. The van der Waals surface area contributed by atoms with Crippen molar-refractivity contribution in [3.05, 3.63) is 68.5 Å². The van der Waals surface area contributed by atoms with Crippen LogP contribution >= 0.6 is 11.3 Å². The molecule has 1 N–H and O–H groups in total. The average molecular weight is 491 g/mol. The number of amides is 1. The van der Waals surface area contributed by atoms with E-state index in [4.69, 9.17) is 4.74 Å². The maximum Gasteiger partial charge on any atom is 0.340 e. The summed E-state index contributed by atoms with van der Waals surface area (Å²) in [5.41, 5.74) is 4.17. The average Bonchev–Trinajstić information content (AvgIpc) is 3.37. The van der Waals surface area contributed by atoms with Gasteiger partial charge in [0.2, 0.25) is 11.7 Å². The number of ketones is 1. The Balaban J connectivity index is 2.00. The van der Waals surface area contributed by atoms with Crippen LogP contribution in [0.2, 0.25) is 0 Å². The molecule has 9 heteroatoms. The number of anilines is 2. The molecule has 0 fully saturated rings. The maximum atomic E-state index is 13.3. The first-order valence-corrected chi connectivity index (χ1v) is 11.8. The number of aromatic amines is 1. The number of allylic oxidation sites excluding steroid dienone is 1. The molecule has 35 heavy (non-hydrogen) atoms. The number of Topliss-reactive ketones (excluding diaryl/α,β-unsaturated/α-hetero) is 1. The lowest BCUT2D eigenvalue weighted by atomic mass is 9.99. The van der Waals surface area contributed by atoms with Gasteiger partial charge in [0.15, 0.2) is 5.13 Å². The Hall–Kier alpha value is -4.03. The van der Waals surface area contributed by atoms with Gasteiger partial charge in [0.25, 0.3) is 0 Å². The fraction of sp³-hybridized carbons (Fsp3) is 0.269. The van der Waals surface area contributed by atoms with Gasteiger partial charge in [0.1, 0.15) is 11.6 Å². The van der Waals surface area contributed by atoms with E-state index in [1.807, 2.05) is 38.1 Å². The number of carbonyl (C=O) groups excluding carboxylic acids is 3. The molecule has 8 nitrogen and oxygen atoms in total. The van der Waals surface area contributed by atoms with Crippen molar-refractivity contribution in [2.24, 2.45) is 0 Å². The predicted octanol–water partition coefficient (Wildman–Crippen LogP) is 5.36. The minimum absolute atomic E-state index is 0.102. The number of hydrogen-bond donors (Lipinski definition) is 1. The van der Waals surface area contributed by atoms with Crippen molar-refractivity contribution in [2.45, 2.75) is 41.5 Å². The zero-order valence-corrected chi connectivity index (χ0v) is 21.3. The summed E-state index contributed by atoms with van der Waals surface area (Å²) >= 11 is 1.22. The third kappa shape index (κ3) is 5.23. The fourth-order valence-corrected chi connectivity index (χ4v) is 4.54. The van der Waals surface area contributed by atoms with E-state index in [2.05, 4.69) is 9.97 Å². The van der Waals surface area contributed by atoms with Crippen LogP contribution in [0.15, 0.2) is 29.2 Å². The number of aromatic nitrogens is 2. The summed E-state index contributed by atoms with van der Waals surface area (Å²) in [5.74, 6) is -1.45. The zero-order valence-electron chi connectivity index (χ0n) is 20.5. The van der Waals surface area contributed by atoms with Gasteiger partial charge in [-0.15, -0.1) is 11.3 Å². The van der Waals surface area contributed by atoms with Gasteiger partial charge in [0, 0.05) is 23.7 Å². The van der Waals surface area contributed by atoms with Gasteiger partial charge in [0.05, 0.1) is 29.1 Å². The van der Waals surface area contributed by atoms with Gasteiger partial charge >= 0.3 is 5.97 Å². The number of H-pyrrole nitrogens is 1. The summed E-state index contributed by atoms with van der Waals surface area (Å²) < 4.78 is 5.09. The van der Waals surface area contributed by atoms with Gasteiger partial charge in [-0.1, -0.05) is 6.07 Å². The number of ether oxygens (including phenoxy) is 1. The number of nitrogens with one attached hydrogen (secondary N) is 1. The predicted molar refractivity (Wildman–Crippen MR) is 135 cm³/mol. The number of carbonyl (C=O) groups is 3. The van der Waals surface area contributed by atoms with Crippen molar-refractivity contribution in [2.75, 3.05) is 11.5 Å². The highest BCUT2D eigenvalue weighted by Crippen LogP contribution is 2.31. The van der Waals surface area contributed by atoms with Crippen LogP contribution in [0.4, 0.5) is 10.8 Å². The molecule has 0 aliphatic carbocycles. The van der Waals surface area contributed by atoms with Crippen LogP contribution in [-0.2, 0) is 9.53 Å². The van der Waals surface area contributed by atoms with E-state index < -0.39 is 11.8 Å². The molecule has 2 aromatic heterocycles. The topological polar surface area (TPSA) is 116 Å². The van der Waals surface area contributed by atoms with Gasteiger partial charge in [-0.25, -0.2) is 9.78 Å². The van der Waals surface area contributed by atoms with Gasteiger partial charge in [-0.2, -0.15) is 5.26 Å². The molecule has 0 unspecified atom stereocenters. The number of nitriles is 1. The van der Waals surface area contributed by atoms with Crippen LogP contribution in [0, 0.1) is 39.0 Å². The minimum Gasteiger partial charge on any atom is -0.462 e. The first-order chi connectivity index (χ1) is 16.6. The van der Waals surface area contributed by atoms with Gasteiger partial charge in [-0.3, -0.25) is 14.5 Å². The van der Waals surface area contributed by atoms with Gasteiger partial charge < -0.3 is 9.72 Å². The third-order valence-corrected chi connectivity index (χ3v) is 6.35. The number of aryl methyl sites for hydroxylation is 4. The molecule has 1 aromatic carbocycles. The molecule has 0 radical (unpaired) electrons. The molecule has 0 saturated heterocycles. The first kappa shape index (κ1) is 25.6. The smallest absolute Gasteiger partial charge is 0.340 e. The van der Waals surface area contributed by atoms with Crippen molar-refractivity contribution in [3.8, 4) is 6.07 Å². The Bertz CT molecular complexity index is 1390. The van der Waals surface area contributed by atoms with E-state index in [0.717, 1.165) is 11.1 Å². The summed E-state index contributed by atoms with van der Waals surface area (Å²) in [4.78, 5) is 47.1. The van der Waals surface area contributed by atoms with Crippen LogP contribution in [0.25, 0.3) is 6.08 Å². The van der Waals surface area contributed by atoms with E-state index >= 15 is 0 Å². The molecule has 180 valence electrons. The molecule has 1 amide bonds. The summed E-state index contributed by atoms with van der Waals surface area (Å²) in [5, 5.41) is 11.8. The molecule has 3 rings (SSSR count). The van der Waals surface area contributed by atoms with Crippen LogP contribution in [0.1, 0.15) is 62.8 Å². The maximum absolute atomic E-state index is 13.3. The number of rotatable bonds is 7. The van der Waals surface area contributed by atoms with Crippen LogP contribution in [0.3, 0.4) is 0 Å². The summed E-state index contributed by atoms with van der Waals surface area (Å²) in [6.45, 7) is 10.6. The molecule has 0 atom stereocenters. The summed E-state index contributed by atoms with van der Waals surface area (Å²) in [6.07, 6.45) is 1.36. The second kappa shape index (κ2) is 10.5. The van der Waals surface area contributed by atoms with Crippen LogP contribution < -0.4 is 4.90 Å². The van der Waals surface area contributed by atoms with Crippen LogP contribution in [-0.4, -0.2) is 34.2 Å². The number of benzene rings is 1. The summed E-state index contributed by atoms with van der Waals surface area (Å²) in [6, 6.07) is 7.61. The highest BCUT2D eigenvalue weighted by molar-refractivity contribution is 7.14. The highest BCUT2D eigenvalue weighted by Gasteiger charge is 2.28. The van der Waals surface area contributed by atoms with E-state index in [1.54, 1.807) is 26.2 Å². The Morgan fingerprint density at radius 1 is 1.14 bits per heavy atom. The molecular weight excluding hydrogens is 464 g/mol. The van der Waals surface area contributed by atoms with E-state index in [1.165, 1.54) is 29.2 Å². The lowest BCUT2D eigenvalue weighted by Crippen LogP contribution is -2.22. The SMILES string of the molecule is CCOC(=O)c1c(C)[nH]c(C)c1C(=O)/C(C#N)=C/c1csc(N(C(C)=O)c2ccc(C)c(C)c2)n1. The molecule has 0 aliphatic heterocycles. The molecule has 0 spiro atoms. The molecule has 0 bridgehead atoms. The highest BCUT2D eigenvalue weighted by atomic mass is 32.1. The van der Waals surface area contributed by atoms with E-state index in [-0.39, 0.29) is 29.2 Å². The molecular formula is C26H26N4O4S. The molecule has 3 aromatic rings. The Morgan fingerprint density at radius 2 is 1.83 bits per heavy atom. The Morgan fingerprint density at radius 3 is 2.43 bits per heavy atom. The Kier molecular flexibility index (Phi) is 7.67. The second-order valence-electron chi connectivity index (χ2n) is 8.02. The quantitative estimate of drug-likeness (QED) is 0.206. The van der Waals surface area contributed by atoms with E-state index in [9.17, 15) is 19.6 Å². The molecule has 2 heterocycles. The van der Waals surface area contributed by atoms with Crippen molar-refractivity contribution in [1.82, 2.24) is 9.97 Å². The standard InChI is InChI=1S/C26H26N4O4S/c1-7-34-25(33)23-17(5)28-16(4)22(23)24(32)19(12-27)11-20-13-35-26(29-20)30(18(6)31)21-9-8-14(2)15(3)10-21/h8-11,13,28H,7H2,1-6H3/b19-11+. The summed E-state index contributed by atoms with van der Waals surface area (Å²) in [7, 11) is 0. The monoisotopic (exact) mass is 490 g/mol. The normalized spacial score (nSPS) is 11.2. The lowest BCUT2D eigenvalue weighted by Gasteiger charge is -2.19. The van der Waals surface area contributed by atoms with Crippen molar-refractivity contribution >= 4 is 45.9 Å². The van der Waals surface area contributed by atoms with Gasteiger partial charge in [-0.05, 0) is 64.0 Å².